The van der Waals surface area contributed by atoms with Gasteiger partial charge in [-0.1, -0.05) is 6.07 Å². The number of carboxylic acids is 1. The van der Waals surface area contributed by atoms with E-state index in [1.54, 1.807) is 18.2 Å². The van der Waals surface area contributed by atoms with Gasteiger partial charge >= 0.3 is 5.97 Å². The Kier molecular flexibility index (Phi) is 5.17. The first-order valence-electron chi connectivity index (χ1n) is 5.68. The fraction of sp³-hybridized carbons (Fsp3) is 0.385. The highest BCUT2D eigenvalue weighted by molar-refractivity contribution is 5.85. The lowest BCUT2D eigenvalue weighted by molar-refractivity contribution is -0.140. The van der Waals surface area contributed by atoms with Crippen LogP contribution in [0.4, 0.5) is 0 Å². The molecular weight excluding hydrogens is 250 g/mol. The summed E-state index contributed by atoms with van der Waals surface area (Å²) in [5, 5.41) is 11.6. The molecule has 6 nitrogen and oxygen atoms in total. The van der Waals surface area contributed by atoms with Gasteiger partial charge in [0.25, 0.3) is 0 Å². The topological polar surface area (TPSA) is 84.9 Å². The van der Waals surface area contributed by atoms with Crippen LogP contribution < -0.4 is 14.8 Å². The van der Waals surface area contributed by atoms with Gasteiger partial charge in [-0.3, -0.25) is 9.59 Å². The second-order valence-corrected chi connectivity index (χ2v) is 3.88. The normalized spacial score (nSPS) is 11.5. The molecule has 0 spiro atoms. The van der Waals surface area contributed by atoms with Crippen molar-refractivity contribution < 1.29 is 24.2 Å². The van der Waals surface area contributed by atoms with Gasteiger partial charge in [-0.05, 0) is 17.7 Å². The van der Waals surface area contributed by atoms with Crippen molar-refractivity contribution in [3.05, 3.63) is 23.8 Å². The molecule has 0 aromatic heterocycles. The molecule has 0 saturated heterocycles. The van der Waals surface area contributed by atoms with E-state index in [0.29, 0.717) is 17.1 Å². The quantitative estimate of drug-likeness (QED) is 0.803. The summed E-state index contributed by atoms with van der Waals surface area (Å²) in [6, 6.07) is 4.80. The van der Waals surface area contributed by atoms with E-state index in [-0.39, 0.29) is 12.3 Å². The summed E-state index contributed by atoms with van der Waals surface area (Å²) in [5.41, 5.74) is 0.494. The van der Waals surface area contributed by atoms with Crippen LogP contribution in [0, 0.1) is 0 Å². The number of amides is 1. The number of carboxylic acid groups (broad SMARTS) is 1. The summed E-state index contributed by atoms with van der Waals surface area (Å²) in [5.74, 6) is -1.36. The second-order valence-electron chi connectivity index (χ2n) is 3.88. The maximum Gasteiger partial charge on any atom is 0.311 e. The van der Waals surface area contributed by atoms with Crippen LogP contribution >= 0.6 is 0 Å². The number of methoxy groups -OCH3 is 2. The smallest absolute Gasteiger partial charge is 0.311 e. The number of aliphatic carboxylic acids is 1. The van der Waals surface area contributed by atoms with E-state index in [1.165, 1.54) is 21.3 Å². The van der Waals surface area contributed by atoms with Gasteiger partial charge in [-0.2, -0.15) is 0 Å². The van der Waals surface area contributed by atoms with Crippen LogP contribution in [0.1, 0.15) is 17.9 Å². The molecule has 1 unspecified atom stereocenters. The molecule has 0 aliphatic heterocycles. The van der Waals surface area contributed by atoms with Gasteiger partial charge in [0.15, 0.2) is 11.5 Å². The van der Waals surface area contributed by atoms with Crippen LogP contribution in [0.3, 0.4) is 0 Å². The monoisotopic (exact) mass is 267 g/mol. The van der Waals surface area contributed by atoms with Gasteiger partial charge in [0, 0.05) is 13.5 Å². The molecule has 0 bridgehead atoms. The third-order valence-corrected chi connectivity index (χ3v) is 2.78. The van der Waals surface area contributed by atoms with Crippen LogP contribution in [-0.4, -0.2) is 38.3 Å². The Balaban J connectivity index is 3.09. The average Bonchev–Trinajstić information content (AvgIpc) is 2.43. The number of benzene rings is 1. The Morgan fingerprint density at radius 1 is 1.26 bits per heavy atom. The number of carbonyl (C=O) groups excluding carboxylic acids is 1. The van der Waals surface area contributed by atoms with Crippen LogP contribution in [0.25, 0.3) is 0 Å². The number of nitrogens with one attached hydrogen (secondary N) is 1. The molecule has 1 rings (SSSR count). The molecule has 1 atom stereocenters. The number of rotatable bonds is 6. The molecule has 1 amide bonds. The average molecular weight is 267 g/mol. The lowest BCUT2D eigenvalue weighted by Crippen LogP contribution is -2.24. The van der Waals surface area contributed by atoms with E-state index in [2.05, 4.69) is 5.32 Å². The maximum absolute atomic E-state index is 11.3. The third-order valence-electron chi connectivity index (χ3n) is 2.78. The first kappa shape index (κ1) is 14.8. The molecule has 104 valence electrons. The van der Waals surface area contributed by atoms with Crippen LogP contribution in [0.2, 0.25) is 0 Å². The molecule has 1 aromatic rings. The first-order valence-corrected chi connectivity index (χ1v) is 5.68. The Morgan fingerprint density at radius 3 is 2.37 bits per heavy atom. The Morgan fingerprint density at radius 2 is 1.89 bits per heavy atom. The van der Waals surface area contributed by atoms with Gasteiger partial charge < -0.3 is 19.9 Å². The number of hydrogen-bond acceptors (Lipinski definition) is 4. The van der Waals surface area contributed by atoms with Gasteiger partial charge in [0.2, 0.25) is 5.91 Å². The van der Waals surface area contributed by atoms with Gasteiger partial charge in [0.05, 0.1) is 20.1 Å². The van der Waals surface area contributed by atoms with Crippen molar-refractivity contribution in [1.29, 1.82) is 0 Å². The Hall–Kier alpha value is -2.24. The Labute approximate surface area is 111 Å². The summed E-state index contributed by atoms with van der Waals surface area (Å²) in [6.45, 7) is 0. The summed E-state index contributed by atoms with van der Waals surface area (Å²) in [4.78, 5) is 22.6. The third kappa shape index (κ3) is 3.61. The summed E-state index contributed by atoms with van der Waals surface area (Å²) >= 11 is 0. The van der Waals surface area contributed by atoms with Gasteiger partial charge in [-0.15, -0.1) is 0 Å². The minimum atomic E-state index is -1.06. The molecule has 1 aromatic carbocycles. The maximum atomic E-state index is 11.3. The minimum absolute atomic E-state index is 0.124. The largest absolute Gasteiger partial charge is 0.493 e. The van der Waals surface area contributed by atoms with Crippen molar-refractivity contribution in [1.82, 2.24) is 5.32 Å². The molecule has 0 aliphatic rings. The molecule has 6 heteroatoms. The van der Waals surface area contributed by atoms with Crippen LogP contribution in [-0.2, 0) is 9.59 Å². The molecular formula is C13H17NO5. The van der Waals surface area contributed by atoms with Crippen molar-refractivity contribution in [3.8, 4) is 11.5 Å². The van der Waals surface area contributed by atoms with E-state index < -0.39 is 11.9 Å². The van der Waals surface area contributed by atoms with Crippen molar-refractivity contribution in [2.75, 3.05) is 21.3 Å². The molecule has 0 heterocycles. The predicted molar refractivity (Wildman–Crippen MR) is 68.6 cm³/mol. The lowest BCUT2D eigenvalue weighted by atomic mass is 9.95. The zero-order valence-corrected chi connectivity index (χ0v) is 11.1. The molecule has 0 radical (unpaired) electrons. The van der Waals surface area contributed by atoms with Crippen molar-refractivity contribution >= 4 is 11.9 Å². The van der Waals surface area contributed by atoms with Crippen molar-refractivity contribution in [2.45, 2.75) is 12.3 Å². The highest BCUT2D eigenvalue weighted by Gasteiger charge is 2.24. The molecule has 0 saturated carbocycles. The first-order chi connectivity index (χ1) is 9.03. The zero-order valence-electron chi connectivity index (χ0n) is 11.1. The number of ether oxygens (including phenoxy) is 2. The summed E-state index contributed by atoms with van der Waals surface area (Å²) < 4.78 is 10.2. The van der Waals surface area contributed by atoms with E-state index in [0.717, 1.165) is 0 Å². The van der Waals surface area contributed by atoms with Crippen molar-refractivity contribution in [3.63, 3.8) is 0 Å². The van der Waals surface area contributed by atoms with Crippen LogP contribution in [0.15, 0.2) is 18.2 Å². The SMILES string of the molecule is CNC(=O)CC(C(=O)O)c1ccc(OC)c(OC)c1. The highest BCUT2D eigenvalue weighted by Crippen LogP contribution is 2.31. The fourth-order valence-corrected chi connectivity index (χ4v) is 1.70. The summed E-state index contributed by atoms with van der Waals surface area (Å²) in [7, 11) is 4.43. The van der Waals surface area contributed by atoms with Crippen LogP contribution in [0.5, 0.6) is 11.5 Å². The fourth-order valence-electron chi connectivity index (χ4n) is 1.70. The predicted octanol–water partition coefficient (Wildman–Crippen LogP) is 1.01. The van der Waals surface area contributed by atoms with E-state index in [4.69, 9.17) is 9.47 Å². The number of carbonyl (C=O) groups is 2. The highest BCUT2D eigenvalue weighted by atomic mass is 16.5. The van der Waals surface area contributed by atoms with Gasteiger partial charge in [-0.25, -0.2) is 0 Å². The molecule has 2 N–H and O–H groups in total. The van der Waals surface area contributed by atoms with E-state index in [9.17, 15) is 14.7 Å². The molecule has 0 aliphatic carbocycles. The Bertz CT molecular complexity index is 472. The summed E-state index contributed by atoms with van der Waals surface area (Å²) in [6.07, 6.45) is -0.124. The van der Waals surface area contributed by atoms with Crippen molar-refractivity contribution in [2.24, 2.45) is 0 Å². The minimum Gasteiger partial charge on any atom is -0.493 e. The number of hydrogen-bond donors (Lipinski definition) is 2. The zero-order chi connectivity index (χ0) is 14.4. The standard InChI is InChI=1S/C13H17NO5/c1-14-12(15)7-9(13(16)17)8-4-5-10(18-2)11(6-8)19-3/h4-6,9H,7H2,1-3H3,(H,14,15)(H,16,17). The lowest BCUT2D eigenvalue weighted by Gasteiger charge is -2.14. The van der Waals surface area contributed by atoms with E-state index >= 15 is 0 Å². The van der Waals surface area contributed by atoms with Gasteiger partial charge in [0.1, 0.15) is 0 Å². The second kappa shape index (κ2) is 6.63. The van der Waals surface area contributed by atoms with E-state index in [1.807, 2.05) is 0 Å². The molecule has 19 heavy (non-hydrogen) atoms. The molecule has 0 fully saturated rings.